The molecule has 5 atom stereocenters. The number of esters is 3. The number of allylic oxidation sites excluding steroid dienone is 2. The molecule has 0 aliphatic carbocycles. The quantitative estimate of drug-likeness (QED) is 0.276. The van der Waals surface area contributed by atoms with Crippen LogP contribution in [0.1, 0.15) is 34.1 Å². The predicted octanol–water partition coefficient (Wildman–Crippen LogP) is 1.51. The number of rotatable bonds is 5. The van der Waals surface area contributed by atoms with Gasteiger partial charge >= 0.3 is 17.9 Å². The van der Waals surface area contributed by atoms with Crippen LogP contribution in [0.15, 0.2) is 35.1 Å². The van der Waals surface area contributed by atoms with Crippen LogP contribution in [0.25, 0.3) is 0 Å². The first-order valence-electron chi connectivity index (χ1n) is 10.1. The van der Waals surface area contributed by atoms with E-state index in [1.807, 2.05) is 0 Å². The maximum absolute atomic E-state index is 12.9. The number of hydrogen-bond donors (Lipinski definition) is 1. The van der Waals surface area contributed by atoms with Gasteiger partial charge in [0, 0.05) is 19.4 Å². The van der Waals surface area contributed by atoms with Gasteiger partial charge in [0.25, 0.3) is 0 Å². The lowest BCUT2D eigenvalue weighted by molar-refractivity contribution is -0.163. The highest BCUT2D eigenvalue weighted by atomic mass is 35.5. The van der Waals surface area contributed by atoms with Crippen LogP contribution in [0.5, 0.6) is 0 Å². The molecule has 0 saturated carbocycles. The molecule has 1 N–H and O–H groups in total. The van der Waals surface area contributed by atoms with E-state index in [1.165, 1.54) is 19.1 Å². The second kappa shape index (κ2) is 8.71. The molecule has 10 heteroatoms. The van der Waals surface area contributed by atoms with Gasteiger partial charge in [-0.3, -0.25) is 9.59 Å². The second-order valence-corrected chi connectivity index (χ2v) is 8.52. The fraction of sp³-hybridized carbons (Fsp3) is 0.545. The van der Waals surface area contributed by atoms with E-state index in [4.69, 9.17) is 30.5 Å². The van der Waals surface area contributed by atoms with Crippen molar-refractivity contribution in [2.75, 3.05) is 12.5 Å². The molecule has 3 aliphatic heterocycles. The highest BCUT2D eigenvalue weighted by molar-refractivity contribution is 6.20. The van der Waals surface area contributed by atoms with Gasteiger partial charge in [-0.05, 0) is 32.4 Å². The van der Waals surface area contributed by atoms with Gasteiger partial charge in [-0.25, -0.2) is 9.59 Å². The van der Waals surface area contributed by atoms with Crippen LogP contribution in [-0.2, 0) is 38.1 Å². The topological polar surface area (TPSA) is 125 Å². The van der Waals surface area contributed by atoms with Crippen LogP contribution in [0.3, 0.4) is 0 Å². The highest BCUT2D eigenvalue weighted by Crippen LogP contribution is 2.45. The van der Waals surface area contributed by atoms with Gasteiger partial charge in [-0.1, -0.05) is 6.08 Å². The van der Waals surface area contributed by atoms with E-state index in [9.17, 15) is 24.3 Å². The summed E-state index contributed by atoms with van der Waals surface area (Å²) in [6.07, 6.45) is 1.96. The van der Waals surface area contributed by atoms with Gasteiger partial charge in [0.15, 0.2) is 11.2 Å². The van der Waals surface area contributed by atoms with E-state index in [2.05, 4.69) is 0 Å². The molecule has 0 amide bonds. The Bertz CT molecular complexity index is 949. The summed E-state index contributed by atoms with van der Waals surface area (Å²) >= 11 is 5.96. The summed E-state index contributed by atoms with van der Waals surface area (Å²) in [6, 6.07) is 0. The monoisotopic (exact) mass is 468 g/mol. The van der Waals surface area contributed by atoms with Crippen molar-refractivity contribution in [1.82, 2.24) is 0 Å². The zero-order valence-electron chi connectivity index (χ0n) is 18.2. The molecule has 9 nitrogen and oxygen atoms in total. The Hall–Kier alpha value is -2.65. The third-order valence-electron chi connectivity index (χ3n) is 5.92. The number of carbonyl (C=O) groups excluding carboxylic acids is 4. The molecule has 1 saturated heterocycles. The predicted molar refractivity (Wildman–Crippen MR) is 110 cm³/mol. The molecule has 0 aromatic carbocycles. The molecule has 1 fully saturated rings. The fourth-order valence-corrected chi connectivity index (χ4v) is 4.33. The molecule has 0 spiro atoms. The van der Waals surface area contributed by atoms with Gasteiger partial charge in [-0.15, -0.1) is 11.6 Å². The van der Waals surface area contributed by atoms with Crippen LogP contribution >= 0.6 is 11.6 Å². The van der Waals surface area contributed by atoms with E-state index < -0.39 is 53.1 Å². The SMILES string of the molecule is CC=C(COC(C)=O)C(=O)OC1CC2(C)OC(=CC2=O)C(C)=CC2OC(=O)C(O)(CCl)C21. The summed E-state index contributed by atoms with van der Waals surface area (Å²) in [5.74, 6) is -4.01. The molecule has 2 bridgehead atoms. The summed E-state index contributed by atoms with van der Waals surface area (Å²) in [6.45, 7) is 5.67. The molecule has 3 heterocycles. The number of ketones is 1. The third kappa shape index (κ3) is 4.19. The van der Waals surface area contributed by atoms with Crippen molar-refractivity contribution in [2.24, 2.45) is 5.92 Å². The van der Waals surface area contributed by atoms with Gasteiger partial charge < -0.3 is 24.1 Å². The van der Waals surface area contributed by atoms with E-state index in [1.54, 1.807) is 26.8 Å². The van der Waals surface area contributed by atoms with Crippen molar-refractivity contribution < 1.29 is 43.2 Å². The third-order valence-corrected chi connectivity index (χ3v) is 6.33. The van der Waals surface area contributed by atoms with Gasteiger partial charge in [0.2, 0.25) is 5.78 Å². The maximum atomic E-state index is 12.9. The van der Waals surface area contributed by atoms with Gasteiger partial charge in [0.05, 0.1) is 17.4 Å². The summed E-state index contributed by atoms with van der Waals surface area (Å²) in [5, 5.41) is 11.1. The van der Waals surface area contributed by atoms with Crippen molar-refractivity contribution in [3.8, 4) is 0 Å². The molecule has 0 aromatic rings. The Morgan fingerprint density at radius 3 is 2.66 bits per heavy atom. The Morgan fingerprint density at radius 1 is 1.38 bits per heavy atom. The number of fused-ring (bicyclic) bond motifs is 3. The van der Waals surface area contributed by atoms with E-state index in [-0.39, 0.29) is 24.4 Å². The molecule has 0 aromatic heterocycles. The minimum atomic E-state index is -2.16. The average Bonchev–Trinajstić information content (AvgIpc) is 3.15. The number of carbonyl (C=O) groups is 4. The first-order chi connectivity index (χ1) is 14.9. The van der Waals surface area contributed by atoms with Crippen LogP contribution < -0.4 is 0 Å². The summed E-state index contributed by atoms with van der Waals surface area (Å²) in [7, 11) is 0. The number of hydrogen-bond acceptors (Lipinski definition) is 9. The molecular formula is C22H25ClO9. The van der Waals surface area contributed by atoms with Crippen molar-refractivity contribution in [3.05, 3.63) is 35.1 Å². The van der Waals surface area contributed by atoms with Crippen LogP contribution in [0, 0.1) is 5.92 Å². The Labute approximate surface area is 190 Å². The average molecular weight is 469 g/mol. The normalized spacial score (nSPS) is 34.2. The lowest BCUT2D eigenvalue weighted by Gasteiger charge is -2.35. The van der Waals surface area contributed by atoms with Crippen LogP contribution in [0.4, 0.5) is 0 Å². The smallest absolute Gasteiger partial charge is 0.340 e. The lowest BCUT2D eigenvalue weighted by atomic mass is 9.77. The van der Waals surface area contributed by atoms with Crippen molar-refractivity contribution >= 4 is 35.3 Å². The molecular weight excluding hydrogens is 444 g/mol. The van der Waals surface area contributed by atoms with E-state index >= 15 is 0 Å². The minimum absolute atomic E-state index is 0.0469. The van der Waals surface area contributed by atoms with Gasteiger partial charge in [0.1, 0.15) is 24.6 Å². The molecule has 3 aliphatic rings. The fourth-order valence-electron chi connectivity index (χ4n) is 4.04. The van der Waals surface area contributed by atoms with Crippen molar-refractivity contribution in [3.63, 3.8) is 0 Å². The first-order valence-corrected chi connectivity index (χ1v) is 10.6. The van der Waals surface area contributed by atoms with Crippen LogP contribution in [0.2, 0.25) is 0 Å². The lowest BCUT2D eigenvalue weighted by Crippen LogP contribution is -2.53. The standard InChI is InChI=1S/C22H25ClO9/c1-5-13(9-29-12(3)24)19(26)30-16-8-21(4)17(25)7-14(32-21)11(2)6-15-18(16)22(28,10-23)20(27)31-15/h5-7,15-16,18,28H,8-10H2,1-4H3. The van der Waals surface area contributed by atoms with Crippen molar-refractivity contribution in [2.45, 2.75) is 57.5 Å². The summed E-state index contributed by atoms with van der Waals surface area (Å²) in [4.78, 5) is 49.2. The molecule has 32 heavy (non-hydrogen) atoms. The number of aliphatic hydroxyl groups is 1. The number of halogens is 1. The van der Waals surface area contributed by atoms with E-state index in [0.717, 1.165) is 0 Å². The maximum Gasteiger partial charge on any atom is 0.340 e. The number of alkyl halides is 1. The molecule has 174 valence electrons. The van der Waals surface area contributed by atoms with E-state index in [0.29, 0.717) is 11.3 Å². The largest absolute Gasteiger partial charge is 0.479 e. The Kier molecular flexibility index (Phi) is 6.53. The van der Waals surface area contributed by atoms with Crippen LogP contribution in [-0.4, -0.2) is 64.7 Å². The van der Waals surface area contributed by atoms with Gasteiger partial charge in [-0.2, -0.15) is 0 Å². The van der Waals surface area contributed by atoms with Crippen molar-refractivity contribution in [1.29, 1.82) is 0 Å². The highest BCUT2D eigenvalue weighted by Gasteiger charge is 2.62. The second-order valence-electron chi connectivity index (χ2n) is 8.25. The molecule has 3 rings (SSSR count). The minimum Gasteiger partial charge on any atom is -0.479 e. The first kappa shape index (κ1) is 24.0. The molecule has 0 radical (unpaired) electrons. The Morgan fingerprint density at radius 2 is 2.06 bits per heavy atom. The number of ether oxygens (including phenoxy) is 4. The summed E-state index contributed by atoms with van der Waals surface area (Å²) in [5.41, 5.74) is -2.97. The molecule has 5 unspecified atom stereocenters. The zero-order chi connectivity index (χ0) is 23.8. The Balaban J connectivity index is 2.02. The zero-order valence-corrected chi connectivity index (χ0v) is 18.9. The summed E-state index contributed by atoms with van der Waals surface area (Å²) < 4.78 is 21.8.